The lowest BCUT2D eigenvalue weighted by Gasteiger charge is -2.26. The first-order valence-electron chi connectivity index (χ1n) is 20.7. The van der Waals surface area contributed by atoms with Crippen LogP contribution in [0.5, 0.6) is 0 Å². The highest BCUT2D eigenvalue weighted by molar-refractivity contribution is 6.23. The molecule has 0 bridgehead atoms. The maximum absolute atomic E-state index is 6.67. The lowest BCUT2D eigenvalue weighted by Crippen LogP contribution is -2.10. The van der Waals surface area contributed by atoms with Crippen LogP contribution >= 0.6 is 0 Å². The van der Waals surface area contributed by atoms with Gasteiger partial charge >= 0.3 is 0 Å². The highest BCUT2D eigenvalue weighted by Crippen LogP contribution is 2.44. The van der Waals surface area contributed by atoms with Gasteiger partial charge in [0, 0.05) is 49.6 Å². The average Bonchev–Trinajstić information content (AvgIpc) is 3.91. The molecule has 0 aliphatic heterocycles. The standard InChI is InChI=1S/C58H37NO2/c1-3-12-38(13-4-1)40-24-30-45(31-25-40)59(47-18-9-17-43(36-47)39-14-5-2-6-15-39)46-32-26-41(27-33-46)48-20-10-16-42-29-35-54-57(56(42)48)52-34-28-44(37-55(52)60-54)49-21-11-22-51-50-19-7-8-23-53(50)61-58(49)51/h1-37H. The van der Waals surface area contributed by atoms with E-state index in [0.717, 1.165) is 77.6 Å². The van der Waals surface area contributed by atoms with Gasteiger partial charge in [-0.2, -0.15) is 0 Å². The van der Waals surface area contributed by atoms with Gasteiger partial charge in [0.05, 0.1) is 0 Å². The van der Waals surface area contributed by atoms with Crippen LogP contribution in [0.1, 0.15) is 0 Å². The van der Waals surface area contributed by atoms with E-state index in [0.29, 0.717) is 0 Å². The van der Waals surface area contributed by atoms with Gasteiger partial charge in [0.2, 0.25) is 0 Å². The van der Waals surface area contributed by atoms with Crippen LogP contribution in [0.3, 0.4) is 0 Å². The molecule has 0 saturated carbocycles. The molecule has 0 fully saturated rings. The van der Waals surface area contributed by atoms with Crippen LogP contribution < -0.4 is 4.90 Å². The number of benzene rings is 10. The molecule has 10 aromatic carbocycles. The molecule has 0 unspecified atom stereocenters. The Labute approximate surface area is 353 Å². The van der Waals surface area contributed by atoms with E-state index in [9.17, 15) is 0 Å². The molecule has 3 nitrogen and oxygen atoms in total. The number of hydrogen-bond donors (Lipinski definition) is 0. The normalized spacial score (nSPS) is 11.6. The summed E-state index contributed by atoms with van der Waals surface area (Å²) in [4.78, 5) is 2.35. The quantitative estimate of drug-likeness (QED) is 0.161. The largest absolute Gasteiger partial charge is 0.456 e. The fraction of sp³-hybridized carbons (Fsp3) is 0. The van der Waals surface area contributed by atoms with Gasteiger partial charge in [-0.05, 0) is 105 Å². The molecule has 0 amide bonds. The van der Waals surface area contributed by atoms with Gasteiger partial charge in [-0.3, -0.25) is 0 Å². The van der Waals surface area contributed by atoms with E-state index in [4.69, 9.17) is 8.83 Å². The fourth-order valence-corrected chi connectivity index (χ4v) is 9.15. The lowest BCUT2D eigenvalue weighted by molar-refractivity contribution is 0.668. The van der Waals surface area contributed by atoms with Crippen molar-refractivity contribution in [2.45, 2.75) is 0 Å². The summed E-state index contributed by atoms with van der Waals surface area (Å²) in [5, 5.41) is 6.81. The van der Waals surface area contributed by atoms with Gasteiger partial charge in [-0.25, -0.2) is 0 Å². The van der Waals surface area contributed by atoms with Crippen LogP contribution in [0.4, 0.5) is 17.1 Å². The van der Waals surface area contributed by atoms with E-state index in [-0.39, 0.29) is 0 Å². The van der Waals surface area contributed by atoms with E-state index in [2.05, 4.69) is 217 Å². The van der Waals surface area contributed by atoms with E-state index in [1.165, 1.54) is 38.6 Å². The summed E-state index contributed by atoms with van der Waals surface area (Å²) in [5.41, 5.74) is 15.9. The summed E-state index contributed by atoms with van der Waals surface area (Å²) >= 11 is 0. The Hall–Kier alpha value is -8.14. The molecule has 2 heterocycles. The predicted octanol–water partition coefficient (Wildman–Crippen LogP) is 16.8. The minimum absolute atomic E-state index is 0.852. The zero-order chi connectivity index (χ0) is 40.3. The van der Waals surface area contributed by atoms with Crippen LogP contribution in [0.2, 0.25) is 0 Å². The number of fused-ring (bicyclic) bond motifs is 8. The third kappa shape index (κ3) is 5.98. The number of para-hydroxylation sites is 2. The number of furan rings is 2. The van der Waals surface area contributed by atoms with Crippen LogP contribution in [0.15, 0.2) is 233 Å². The topological polar surface area (TPSA) is 29.5 Å². The SMILES string of the molecule is c1ccc(-c2ccc(N(c3ccc(-c4cccc5ccc6oc7cc(-c8cccc9c8oc8ccccc89)ccc7c6c45)cc3)c3cccc(-c4ccccc4)c3)cc2)cc1. The number of nitrogens with zero attached hydrogens (tertiary/aromatic N) is 1. The molecule has 0 aliphatic carbocycles. The smallest absolute Gasteiger partial charge is 0.143 e. The Morgan fingerprint density at radius 3 is 1.67 bits per heavy atom. The Morgan fingerprint density at radius 1 is 0.279 bits per heavy atom. The third-order valence-electron chi connectivity index (χ3n) is 12.1. The Morgan fingerprint density at radius 2 is 0.885 bits per heavy atom. The second-order valence-electron chi connectivity index (χ2n) is 15.6. The van der Waals surface area contributed by atoms with E-state index < -0.39 is 0 Å². The van der Waals surface area contributed by atoms with Gasteiger partial charge in [0.1, 0.15) is 22.3 Å². The molecule has 2 aromatic heterocycles. The van der Waals surface area contributed by atoms with Crippen molar-refractivity contribution in [1.82, 2.24) is 0 Å². The van der Waals surface area contributed by atoms with Crippen molar-refractivity contribution in [3.8, 4) is 44.5 Å². The summed E-state index contributed by atoms with van der Waals surface area (Å²) in [7, 11) is 0. The molecule has 286 valence electrons. The Balaban J connectivity index is 0.960. The van der Waals surface area contributed by atoms with Crippen molar-refractivity contribution < 1.29 is 8.83 Å². The first-order chi connectivity index (χ1) is 30.2. The zero-order valence-corrected chi connectivity index (χ0v) is 33.1. The van der Waals surface area contributed by atoms with Gasteiger partial charge in [0.25, 0.3) is 0 Å². The van der Waals surface area contributed by atoms with Crippen molar-refractivity contribution in [1.29, 1.82) is 0 Å². The number of anilines is 3. The highest BCUT2D eigenvalue weighted by atomic mass is 16.3. The van der Waals surface area contributed by atoms with E-state index in [1.54, 1.807) is 0 Å². The van der Waals surface area contributed by atoms with Crippen molar-refractivity contribution in [2.75, 3.05) is 4.90 Å². The van der Waals surface area contributed by atoms with Crippen molar-refractivity contribution in [2.24, 2.45) is 0 Å². The highest BCUT2D eigenvalue weighted by Gasteiger charge is 2.19. The zero-order valence-electron chi connectivity index (χ0n) is 33.1. The summed E-state index contributed by atoms with van der Waals surface area (Å²) in [6, 6.07) is 79.8. The molecule has 0 radical (unpaired) electrons. The third-order valence-corrected chi connectivity index (χ3v) is 12.1. The molecule has 0 N–H and O–H groups in total. The molecule has 0 atom stereocenters. The van der Waals surface area contributed by atoms with Gasteiger partial charge in [-0.1, -0.05) is 164 Å². The van der Waals surface area contributed by atoms with Gasteiger partial charge < -0.3 is 13.7 Å². The maximum Gasteiger partial charge on any atom is 0.143 e. The molecule has 3 heteroatoms. The molecule has 12 aromatic rings. The van der Waals surface area contributed by atoms with Gasteiger partial charge in [0.15, 0.2) is 0 Å². The number of hydrogen-bond acceptors (Lipinski definition) is 3. The second-order valence-corrected chi connectivity index (χ2v) is 15.6. The van der Waals surface area contributed by atoms with E-state index in [1.807, 2.05) is 12.1 Å². The average molecular weight is 780 g/mol. The summed E-state index contributed by atoms with van der Waals surface area (Å²) in [6.07, 6.45) is 0. The number of rotatable bonds is 7. The molecule has 0 spiro atoms. The minimum atomic E-state index is 0.852. The second kappa shape index (κ2) is 14.3. The fourth-order valence-electron chi connectivity index (χ4n) is 9.15. The molecule has 61 heavy (non-hydrogen) atoms. The molecule has 12 rings (SSSR count). The van der Waals surface area contributed by atoms with E-state index >= 15 is 0 Å². The first-order valence-corrected chi connectivity index (χ1v) is 20.7. The molecular weight excluding hydrogens is 743 g/mol. The molecular formula is C58H37NO2. The van der Waals surface area contributed by atoms with Crippen molar-refractivity contribution in [3.05, 3.63) is 224 Å². The minimum Gasteiger partial charge on any atom is -0.456 e. The van der Waals surface area contributed by atoms with Gasteiger partial charge in [-0.15, -0.1) is 0 Å². The van der Waals surface area contributed by atoms with Crippen LogP contribution in [0.25, 0.3) is 99.2 Å². The molecule has 0 aliphatic rings. The first kappa shape index (κ1) is 34.9. The summed E-state index contributed by atoms with van der Waals surface area (Å²) in [5.74, 6) is 0. The Kier molecular flexibility index (Phi) is 8.17. The maximum atomic E-state index is 6.67. The van der Waals surface area contributed by atoms with Crippen molar-refractivity contribution >= 4 is 71.7 Å². The summed E-state index contributed by atoms with van der Waals surface area (Å²) in [6.45, 7) is 0. The van der Waals surface area contributed by atoms with Crippen LogP contribution in [-0.4, -0.2) is 0 Å². The van der Waals surface area contributed by atoms with Crippen molar-refractivity contribution in [3.63, 3.8) is 0 Å². The van der Waals surface area contributed by atoms with Crippen LogP contribution in [0, 0.1) is 0 Å². The predicted molar refractivity (Wildman–Crippen MR) is 255 cm³/mol. The monoisotopic (exact) mass is 779 g/mol. The lowest BCUT2D eigenvalue weighted by atomic mass is 9.94. The summed E-state index contributed by atoms with van der Waals surface area (Å²) < 4.78 is 13.1. The van der Waals surface area contributed by atoms with Crippen LogP contribution in [-0.2, 0) is 0 Å². The Bertz CT molecular complexity index is 3560. The molecule has 0 saturated heterocycles.